The Morgan fingerprint density at radius 1 is 1.35 bits per heavy atom. The molecule has 7 heteroatoms. The summed E-state index contributed by atoms with van der Waals surface area (Å²) in [6, 6.07) is 4.44. The van der Waals surface area contributed by atoms with Gasteiger partial charge in [-0.05, 0) is 38.5 Å². The van der Waals surface area contributed by atoms with Crippen molar-refractivity contribution in [2.24, 2.45) is 0 Å². The van der Waals surface area contributed by atoms with Crippen LogP contribution in [0.4, 0.5) is 9.93 Å². The molecule has 0 saturated heterocycles. The molecule has 0 aliphatic heterocycles. The molecule has 1 aromatic heterocycles. The number of thiazole rings is 1. The number of amides is 1. The number of carboxylic acid groups (broad SMARTS) is 1. The van der Waals surface area contributed by atoms with E-state index < -0.39 is 17.7 Å². The molecule has 1 N–H and O–H groups in total. The summed E-state index contributed by atoms with van der Waals surface area (Å²) in [5.41, 5.74) is 0.0825. The second-order valence-corrected chi connectivity index (χ2v) is 6.15. The van der Waals surface area contributed by atoms with Crippen LogP contribution in [-0.4, -0.2) is 22.6 Å². The first-order valence-corrected chi connectivity index (χ1v) is 6.68. The van der Waals surface area contributed by atoms with Gasteiger partial charge in [-0.25, -0.2) is 9.78 Å². The third kappa shape index (κ3) is 3.45. The third-order valence-electron chi connectivity index (χ3n) is 2.23. The molecule has 1 aromatic carbocycles. The summed E-state index contributed by atoms with van der Waals surface area (Å²) in [4.78, 5) is 26.6. The molecule has 0 fully saturated rings. The quantitative estimate of drug-likeness (QED) is 0.914. The number of benzene rings is 1. The smallest absolute Gasteiger partial charge is 0.413 e. The summed E-state index contributed by atoms with van der Waals surface area (Å²) in [5, 5.41) is 13.6. The van der Waals surface area contributed by atoms with E-state index in [1.54, 1.807) is 26.8 Å². The van der Waals surface area contributed by atoms with E-state index in [1.807, 2.05) is 0 Å². The van der Waals surface area contributed by atoms with Gasteiger partial charge in [0.2, 0.25) is 0 Å². The van der Waals surface area contributed by atoms with Crippen molar-refractivity contribution < 1.29 is 19.4 Å². The lowest BCUT2D eigenvalue weighted by atomic mass is 10.2. The highest BCUT2D eigenvalue weighted by molar-refractivity contribution is 7.22. The molecule has 20 heavy (non-hydrogen) atoms. The Morgan fingerprint density at radius 2 is 2.05 bits per heavy atom. The van der Waals surface area contributed by atoms with Crippen molar-refractivity contribution in [1.82, 2.24) is 4.98 Å². The maximum atomic E-state index is 11.6. The van der Waals surface area contributed by atoms with Crippen LogP contribution >= 0.6 is 11.3 Å². The lowest BCUT2D eigenvalue weighted by molar-refractivity contribution is -0.255. The van der Waals surface area contributed by atoms with E-state index >= 15 is 0 Å². The Balaban J connectivity index is 2.20. The molecular weight excluding hydrogens is 280 g/mol. The van der Waals surface area contributed by atoms with Gasteiger partial charge in [0, 0.05) is 0 Å². The molecule has 6 nitrogen and oxygen atoms in total. The number of hydrogen-bond acceptors (Lipinski definition) is 6. The van der Waals surface area contributed by atoms with Crippen LogP contribution in [0.5, 0.6) is 0 Å². The third-order valence-corrected chi connectivity index (χ3v) is 3.17. The van der Waals surface area contributed by atoms with Crippen LogP contribution in [0.1, 0.15) is 31.1 Å². The van der Waals surface area contributed by atoms with E-state index in [0.29, 0.717) is 15.3 Å². The molecule has 106 valence electrons. The summed E-state index contributed by atoms with van der Waals surface area (Å²) in [5.74, 6) is -1.25. The number of carboxylic acids is 1. The second kappa shape index (κ2) is 5.09. The maximum absolute atomic E-state index is 11.6. The highest BCUT2D eigenvalue weighted by Gasteiger charge is 2.17. The lowest BCUT2D eigenvalue weighted by Gasteiger charge is -2.18. The number of fused-ring (bicyclic) bond motifs is 1. The molecule has 0 radical (unpaired) electrons. The molecule has 0 saturated carbocycles. The van der Waals surface area contributed by atoms with Crippen molar-refractivity contribution in [1.29, 1.82) is 0 Å². The number of aromatic nitrogens is 1. The van der Waals surface area contributed by atoms with Crippen LogP contribution in [-0.2, 0) is 4.74 Å². The number of carbonyl (C=O) groups is 2. The van der Waals surface area contributed by atoms with E-state index in [4.69, 9.17) is 4.74 Å². The highest BCUT2D eigenvalue weighted by atomic mass is 32.1. The number of hydrogen-bond donors (Lipinski definition) is 1. The molecule has 2 rings (SSSR count). The van der Waals surface area contributed by atoms with Crippen LogP contribution in [0.15, 0.2) is 18.2 Å². The summed E-state index contributed by atoms with van der Waals surface area (Å²) >= 11 is 1.17. The standard InChI is InChI=1S/C13H14N2O4S/c1-13(2,3)19-12(18)15-11-14-8-5-4-7(10(16)17)6-9(8)20-11/h4-6H,1-3H3,(H,16,17)(H,14,15,18)/p-1. The van der Waals surface area contributed by atoms with Crippen LogP contribution in [0.25, 0.3) is 10.2 Å². The minimum Gasteiger partial charge on any atom is -0.545 e. The predicted molar refractivity (Wildman–Crippen MR) is 73.8 cm³/mol. The monoisotopic (exact) mass is 293 g/mol. The van der Waals surface area contributed by atoms with Crippen molar-refractivity contribution >= 4 is 38.7 Å². The average Bonchev–Trinajstić information content (AvgIpc) is 2.66. The van der Waals surface area contributed by atoms with Gasteiger partial charge >= 0.3 is 6.09 Å². The Labute approximate surface area is 119 Å². The summed E-state index contributed by atoms with van der Waals surface area (Å²) in [6.07, 6.45) is -0.600. The molecule has 0 aliphatic rings. The molecule has 2 aromatic rings. The van der Waals surface area contributed by atoms with Gasteiger partial charge in [-0.2, -0.15) is 0 Å². The summed E-state index contributed by atoms with van der Waals surface area (Å²) in [6.45, 7) is 5.28. The normalized spacial score (nSPS) is 11.3. The predicted octanol–water partition coefficient (Wildman–Crippen LogP) is 2.01. The van der Waals surface area contributed by atoms with Crippen molar-refractivity contribution in [3.63, 3.8) is 0 Å². The minimum absolute atomic E-state index is 0.0740. The topological polar surface area (TPSA) is 91.3 Å². The van der Waals surface area contributed by atoms with Crippen LogP contribution in [0.3, 0.4) is 0 Å². The molecule has 0 atom stereocenters. The fourth-order valence-electron chi connectivity index (χ4n) is 1.50. The molecule has 0 spiro atoms. The largest absolute Gasteiger partial charge is 0.545 e. The maximum Gasteiger partial charge on any atom is 0.413 e. The van der Waals surface area contributed by atoms with Gasteiger partial charge in [-0.15, -0.1) is 0 Å². The van der Waals surface area contributed by atoms with E-state index in [9.17, 15) is 14.7 Å². The van der Waals surface area contributed by atoms with Crippen molar-refractivity contribution in [3.05, 3.63) is 23.8 Å². The van der Waals surface area contributed by atoms with Crippen LogP contribution in [0, 0.1) is 0 Å². The fourth-order valence-corrected chi connectivity index (χ4v) is 2.39. The van der Waals surface area contributed by atoms with Crippen LogP contribution in [0.2, 0.25) is 0 Å². The zero-order valence-corrected chi connectivity index (χ0v) is 12.0. The second-order valence-electron chi connectivity index (χ2n) is 5.12. The molecule has 0 aliphatic carbocycles. The van der Waals surface area contributed by atoms with Gasteiger partial charge in [0.05, 0.1) is 16.2 Å². The molecular formula is C13H13N2O4S-. The Bertz CT molecular complexity index is 673. The number of carbonyl (C=O) groups excluding carboxylic acids is 2. The Kier molecular flexibility index (Phi) is 3.63. The zero-order chi connectivity index (χ0) is 14.9. The SMILES string of the molecule is CC(C)(C)OC(=O)Nc1nc2ccc(C(=O)[O-])cc2s1. The number of nitrogens with zero attached hydrogens (tertiary/aromatic N) is 1. The van der Waals surface area contributed by atoms with Crippen molar-refractivity contribution in [2.75, 3.05) is 5.32 Å². The van der Waals surface area contributed by atoms with Crippen molar-refractivity contribution in [3.8, 4) is 0 Å². The fraction of sp³-hybridized carbons (Fsp3) is 0.308. The van der Waals surface area contributed by atoms with E-state index in [1.165, 1.54) is 23.5 Å². The molecule has 1 amide bonds. The number of ether oxygens (including phenoxy) is 1. The van der Waals surface area contributed by atoms with Crippen LogP contribution < -0.4 is 10.4 Å². The van der Waals surface area contributed by atoms with Crippen molar-refractivity contribution in [2.45, 2.75) is 26.4 Å². The minimum atomic E-state index is -1.25. The van der Waals surface area contributed by atoms with Gasteiger partial charge in [0.25, 0.3) is 0 Å². The first kappa shape index (κ1) is 14.3. The molecule has 0 bridgehead atoms. The lowest BCUT2D eigenvalue weighted by Crippen LogP contribution is -2.27. The summed E-state index contributed by atoms with van der Waals surface area (Å²) < 4.78 is 5.76. The highest BCUT2D eigenvalue weighted by Crippen LogP contribution is 2.27. The van der Waals surface area contributed by atoms with Gasteiger partial charge in [-0.1, -0.05) is 17.4 Å². The number of anilines is 1. The summed E-state index contributed by atoms with van der Waals surface area (Å²) in [7, 11) is 0. The number of rotatable bonds is 2. The number of aromatic carboxylic acids is 1. The Morgan fingerprint density at radius 3 is 2.65 bits per heavy atom. The molecule has 1 heterocycles. The van der Waals surface area contributed by atoms with Gasteiger partial charge in [0.15, 0.2) is 5.13 Å². The number of nitrogens with one attached hydrogen (secondary N) is 1. The van der Waals surface area contributed by atoms with E-state index in [0.717, 1.165) is 0 Å². The Hall–Kier alpha value is -2.15. The first-order chi connectivity index (χ1) is 9.24. The first-order valence-electron chi connectivity index (χ1n) is 5.86. The van der Waals surface area contributed by atoms with Gasteiger partial charge in [-0.3, -0.25) is 5.32 Å². The van der Waals surface area contributed by atoms with E-state index in [-0.39, 0.29) is 5.56 Å². The van der Waals surface area contributed by atoms with Gasteiger partial charge < -0.3 is 14.6 Å². The zero-order valence-electron chi connectivity index (χ0n) is 11.2. The van der Waals surface area contributed by atoms with Gasteiger partial charge in [0.1, 0.15) is 5.60 Å². The average molecular weight is 293 g/mol. The molecule has 0 unspecified atom stereocenters. The van der Waals surface area contributed by atoms with E-state index in [2.05, 4.69) is 10.3 Å².